The molecule has 0 spiro atoms. The number of hydrogen-bond acceptors (Lipinski definition) is 5. The molecule has 1 unspecified atom stereocenters. The van der Waals surface area contributed by atoms with Gasteiger partial charge in [-0.15, -0.1) is 0 Å². The molecule has 0 aliphatic carbocycles. The summed E-state index contributed by atoms with van der Waals surface area (Å²) < 4.78 is 5.81. The van der Waals surface area contributed by atoms with E-state index in [-0.39, 0.29) is 11.8 Å². The van der Waals surface area contributed by atoms with E-state index >= 15 is 0 Å². The van der Waals surface area contributed by atoms with Gasteiger partial charge in [0.25, 0.3) is 0 Å². The second-order valence-corrected chi connectivity index (χ2v) is 7.13. The molecule has 4 N–H and O–H groups in total. The molecule has 1 aromatic carbocycles. The number of hydrogen-bond donors (Lipinski definition) is 3. The van der Waals surface area contributed by atoms with Crippen molar-refractivity contribution in [1.82, 2.24) is 4.98 Å². The van der Waals surface area contributed by atoms with Gasteiger partial charge in [0, 0.05) is 36.0 Å². The van der Waals surface area contributed by atoms with E-state index in [4.69, 9.17) is 10.5 Å². The average molecular weight is 368 g/mol. The normalized spacial score (nSPS) is 13.2. The van der Waals surface area contributed by atoms with Crippen LogP contribution in [0.25, 0.3) is 11.1 Å². The van der Waals surface area contributed by atoms with Crippen LogP contribution in [0.4, 0.5) is 11.5 Å². The van der Waals surface area contributed by atoms with Crippen LogP contribution in [-0.4, -0.2) is 22.8 Å². The Labute approximate surface area is 158 Å². The quantitative estimate of drug-likeness (QED) is 0.752. The largest absolute Gasteiger partial charge is 0.488 e. The molecule has 7 nitrogen and oxygen atoms in total. The first-order valence-electron chi connectivity index (χ1n) is 8.93. The van der Waals surface area contributed by atoms with E-state index in [0.717, 1.165) is 16.7 Å². The van der Waals surface area contributed by atoms with Crippen molar-refractivity contribution in [2.24, 2.45) is 11.7 Å². The minimum absolute atomic E-state index is 0.175. The molecule has 0 fully saturated rings. The van der Waals surface area contributed by atoms with Gasteiger partial charge in [-0.05, 0) is 36.1 Å². The van der Waals surface area contributed by atoms with Crippen molar-refractivity contribution in [3.05, 3.63) is 36.0 Å². The first-order valence-corrected chi connectivity index (χ1v) is 8.93. The van der Waals surface area contributed by atoms with Gasteiger partial charge in [0.15, 0.2) is 0 Å². The highest BCUT2D eigenvalue weighted by Gasteiger charge is 2.20. The molecular weight excluding hydrogens is 344 g/mol. The Kier molecular flexibility index (Phi) is 5.41. The molecule has 7 heteroatoms. The van der Waals surface area contributed by atoms with E-state index in [9.17, 15) is 9.59 Å². The zero-order valence-corrected chi connectivity index (χ0v) is 15.7. The first-order chi connectivity index (χ1) is 12.8. The maximum atomic E-state index is 12.2. The minimum atomic E-state index is -0.547. The van der Waals surface area contributed by atoms with Crippen LogP contribution in [0.15, 0.2) is 30.5 Å². The number of ether oxygens (including phenoxy) is 1. The lowest BCUT2D eigenvalue weighted by Gasteiger charge is -2.22. The van der Waals surface area contributed by atoms with Gasteiger partial charge in [-0.25, -0.2) is 4.98 Å². The maximum absolute atomic E-state index is 12.2. The highest BCUT2D eigenvalue weighted by Crippen LogP contribution is 2.39. The fourth-order valence-electron chi connectivity index (χ4n) is 3.05. The second kappa shape index (κ2) is 7.75. The number of nitrogens with two attached hydrogens (primary N) is 1. The smallest absolute Gasteiger partial charge is 0.241 e. The fourth-order valence-corrected chi connectivity index (χ4v) is 3.05. The number of aromatic nitrogens is 1. The van der Waals surface area contributed by atoms with Crippen molar-refractivity contribution in [1.29, 1.82) is 0 Å². The Bertz CT molecular complexity index is 880. The third kappa shape index (κ3) is 4.43. The van der Waals surface area contributed by atoms with Gasteiger partial charge >= 0.3 is 0 Å². The Morgan fingerprint density at radius 2 is 2.00 bits per heavy atom. The third-order valence-electron chi connectivity index (χ3n) is 4.28. The van der Waals surface area contributed by atoms with E-state index in [0.29, 0.717) is 36.2 Å². The Balaban J connectivity index is 1.82. The van der Waals surface area contributed by atoms with Crippen molar-refractivity contribution >= 4 is 23.3 Å². The van der Waals surface area contributed by atoms with Gasteiger partial charge in [-0.3, -0.25) is 9.59 Å². The number of amides is 2. The molecule has 1 aliphatic heterocycles. The summed E-state index contributed by atoms with van der Waals surface area (Å²) in [6.07, 6.45) is 2.32. The second-order valence-electron chi connectivity index (χ2n) is 7.13. The number of rotatable bonds is 5. The summed E-state index contributed by atoms with van der Waals surface area (Å²) in [4.78, 5) is 27.7. The number of nitrogens with one attached hydrogen (secondary N) is 2. The van der Waals surface area contributed by atoms with E-state index in [2.05, 4.69) is 15.6 Å². The predicted octanol–water partition coefficient (Wildman–Crippen LogP) is 2.91. The zero-order valence-electron chi connectivity index (χ0n) is 15.7. The van der Waals surface area contributed by atoms with Gasteiger partial charge in [0.1, 0.15) is 18.2 Å². The fraction of sp³-hybridized carbons (Fsp3) is 0.350. The predicted molar refractivity (Wildman–Crippen MR) is 104 cm³/mol. The van der Waals surface area contributed by atoms with E-state index in [1.54, 1.807) is 12.3 Å². The Morgan fingerprint density at radius 3 is 2.70 bits per heavy atom. The molecular formula is C20H24N4O3. The molecule has 27 heavy (non-hydrogen) atoms. The summed E-state index contributed by atoms with van der Waals surface area (Å²) in [5.41, 5.74) is 9.35. The van der Waals surface area contributed by atoms with Crippen LogP contribution in [-0.2, 0) is 16.2 Å². The lowest BCUT2D eigenvalue weighted by molar-refractivity contribution is -0.117. The minimum Gasteiger partial charge on any atom is -0.488 e. The van der Waals surface area contributed by atoms with Crippen molar-refractivity contribution < 1.29 is 14.3 Å². The SMILES string of the molecule is CC(=O)Nc1cc2c(cn1)COc1cc(NC(=O)C(N)CC(C)C)ccc1-2. The Morgan fingerprint density at radius 1 is 1.22 bits per heavy atom. The lowest BCUT2D eigenvalue weighted by Crippen LogP contribution is -2.36. The number of benzene rings is 1. The number of carbonyl (C=O) groups excluding carboxylic acids is 2. The summed E-state index contributed by atoms with van der Waals surface area (Å²) in [5, 5.41) is 5.53. The maximum Gasteiger partial charge on any atom is 0.241 e. The van der Waals surface area contributed by atoms with Crippen LogP contribution in [0, 0.1) is 5.92 Å². The zero-order chi connectivity index (χ0) is 19.6. The molecule has 2 amide bonds. The summed E-state index contributed by atoms with van der Waals surface area (Å²) in [5.74, 6) is 1.12. The summed E-state index contributed by atoms with van der Waals surface area (Å²) in [7, 11) is 0. The van der Waals surface area contributed by atoms with Gasteiger partial charge < -0.3 is 21.1 Å². The summed E-state index contributed by atoms with van der Waals surface area (Å²) in [6.45, 7) is 5.87. The van der Waals surface area contributed by atoms with Gasteiger partial charge in [-0.1, -0.05) is 13.8 Å². The van der Waals surface area contributed by atoms with E-state index in [1.807, 2.05) is 32.0 Å². The first kappa shape index (κ1) is 18.8. The number of fused-ring (bicyclic) bond motifs is 3. The van der Waals surface area contributed by atoms with E-state index < -0.39 is 6.04 Å². The average Bonchev–Trinajstić information content (AvgIpc) is 2.60. The molecule has 0 saturated carbocycles. The van der Waals surface area contributed by atoms with Crippen LogP contribution in [0.3, 0.4) is 0 Å². The van der Waals surface area contributed by atoms with Crippen molar-refractivity contribution in [2.75, 3.05) is 10.6 Å². The number of nitrogens with zero attached hydrogens (tertiary/aromatic N) is 1. The molecule has 1 aliphatic rings. The summed E-state index contributed by atoms with van der Waals surface area (Å²) >= 11 is 0. The molecule has 1 atom stereocenters. The lowest BCUT2D eigenvalue weighted by atomic mass is 9.98. The van der Waals surface area contributed by atoms with Crippen LogP contribution in [0.2, 0.25) is 0 Å². The highest BCUT2D eigenvalue weighted by atomic mass is 16.5. The van der Waals surface area contributed by atoms with Crippen LogP contribution in [0.5, 0.6) is 5.75 Å². The molecule has 142 valence electrons. The standard InChI is InChI=1S/C20H24N4O3/c1-11(2)6-17(21)20(26)24-14-4-5-15-16-8-19(23-12(3)25)22-9-13(16)10-27-18(15)7-14/h4-5,7-9,11,17H,6,10,21H2,1-3H3,(H,24,26)(H,22,23,25). The van der Waals surface area contributed by atoms with Gasteiger partial charge in [-0.2, -0.15) is 0 Å². The molecule has 2 heterocycles. The molecule has 0 radical (unpaired) electrons. The van der Waals surface area contributed by atoms with Crippen LogP contribution in [0.1, 0.15) is 32.8 Å². The monoisotopic (exact) mass is 368 g/mol. The molecule has 1 aromatic heterocycles. The number of anilines is 2. The highest BCUT2D eigenvalue weighted by molar-refractivity contribution is 5.95. The summed E-state index contributed by atoms with van der Waals surface area (Å²) in [6, 6.07) is 6.77. The number of carbonyl (C=O) groups is 2. The van der Waals surface area contributed by atoms with Crippen LogP contribution >= 0.6 is 0 Å². The van der Waals surface area contributed by atoms with Crippen molar-refractivity contribution in [2.45, 2.75) is 39.8 Å². The van der Waals surface area contributed by atoms with Gasteiger partial charge in [0.2, 0.25) is 11.8 Å². The third-order valence-corrected chi connectivity index (χ3v) is 4.28. The van der Waals surface area contributed by atoms with Crippen molar-refractivity contribution in [3.63, 3.8) is 0 Å². The molecule has 3 rings (SSSR count). The van der Waals surface area contributed by atoms with Crippen molar-refractivity contribution in [3.8, 4) is 16.9 Å². The molecule has 0 bridgehead atoms. The van der Waals surface area contributed by atoms with Gasteiger partial charge in [0.05, 0.1) is 6.04 Å². The Hall–Kier alpha value is -2.93. The number of pyridine rings is 1. The topological polar surface area (TPSA) is 106 Å². The van der Waals surface area contributed by atoms with Crippen LogP contribution < -0.4 is 21.1 Å². The molecule has 2 aromatic rings. The van der Waals surface area contributed by atoms with E-state index in [1.165, 1.54) is 6.92 Å². The molecule has 0 saturated heterocycles.